The first-order chi connectivity index (χ1) is 8.15. The molecule has 90 valence electrons. The van der Waals surface area contributed by atoms with Gasteiger partial charge < -0.3 is 15.8 Å². The van der Waals surface area contributed by atoms with Crippen LogP contribution in [0, 0.1) is 0 Å². The lowest BCUT2D eigenvalue weighted by Crippen LogP contribution is -2.25. The fourth-order valence-corrected chi connectivity index (χ4v) is 1.23. The van der Waals surface area contributed by atoms with E-state index in [-0.39, 0.29) is 12.2 Å². The van der Waals surface area contributed by atoms with E-state index in [0.717, 1.165) is 0 Å². The van der Waals surface area contributed by atoms with Gasteiger partial charge in [-0.2, -0.15) is 0 Å². The lowest BCUT2D eigenvalue weighted by atomic mass is 10.1. The van der Waals surface area contributed by atoms with Crippen LogP contribution in [0.3, 0.4) is 0 Å². The number of benzene rings is 1. The van der Waals surface area contributed by atoms with E-state index in [1.165, 1.54) is 6.20 Å². The van der Waals surface area contributed by atoms with E-state index in [2.05, 4.69) is 5.32 Å². The Morgan fingerprint density at radius 1 is 1.35 bits per heavy atom. The van der Waals surface area contributed by atoms with Gasteiger partial charge in [0.25, 0.3) is 0 Å². The Morgan fingerprint density at radius 2 is 2.00 bits per heavy atom. The van der Waals surface area contributed by atoms with Crippen LogP contribution < -0.4 is 11.1 Å². The summed E-state index contributed by atoms with van der Waals surface area (Å²) in [6.45, 7) is 1.97. The van der Waals surface area contributed by atoms with Crippen molar-refractivity contribution in [2.24, 2.45) is 5.73 Å². The number of primary amides is 1. The van der Waals surface area contributed by atoms with Crippen molar-refractivity contribution in [3.63, 3.8) is 0 Å². The summed E-state index contributed by atoms with van der Waals surface area (Å²) in [5.41, 5.74) is 5.85. The molecule has 5 nitrogen and oxygen atoms in total. The summed E-state index contributed by atoms with van der Waals surface area (Å²) in [6.07, 6.45) is 1.25. The molecular formula is C12H14N2O3. The van der Waals surface area contributed by atoms with Crippen LogP contribution in [0.2, 0.25) is 0 Å². The SMILES string of the molecule is CCOC(=O)/C(=C/NC(N)=O)c1ccccc1. The van der Waals surface area contributed by atoms with Gasteiger partial charge in [-0.05, 0) is 12.5 Å². The van der Waals surface area contributed by atoms with Crippen LogP contribution in [-0.4, -0.2) is 18.6 Å². The summed E-state index contributed by atoms with van der Waals surface area (Å²) in [7, 11) is 0. The molecule has 0 atom stereocenters. The van der Waals surface area contributed by atoms with E-state index in [4.69, 9.17) is 10.5 Å². The highest BCUT2D eigenvalue weighted by Gasteiger charge is 2.12. The topological polar surface area (TPSA) is 81.4 Å². The lowest BCUT2D eigenvalue weighted by Gasteiger charge is -2.07. The van der Waals surface area contributed by atoms with Gasteiger partial charge >= 0.3 is 12.0 Å². The summed E-state index contributed by atoms with van der Waals surface area (Å²) in [5, 5.41) is 2.26. The molecule has 0 unspecified atom stereocenters. The van der Waals surface area contributed by atoms with Gasteiger partial charge in [0.05, 0.1) is 12.2 Å². The smallest absolute Gasteiger partial charge is 0.340 e. The van der Waals surface area contributed by atoms with Crippen LogP contribution in [0.5, 0.6) is 0 Å². The van der Waals surface area contributed by atoms with Crippen LogP contribution >= 0.6 is 0 Å². The zero-order chi connectivity index (χ0) is 12.7. The number of carbonyl (C=O) groups is 2. The second-order valence-corrected chi connectivity index (χ2v) is 3.15. The minimum Gasteiger partial charge on any atom is -0.462 e. The molecule has 1 aromatic carbocycles. The molecule has 0 aliphatic heterocycles. The molecule has 0 aliphatic rings. The molecule has 0 saturated carbocycles. The fraction of sp³-hybridized carbons (Fsp3) is 0.167. The Hall–Kier alpha value is -2.30. The molecule has 2 amide bonds. The molecule has 0 saturated heterocycles. The molecule has 0 spiro atoms. The summed E-state index contributed by atoms with van der Waals surface area (Å²) >= 11 is 0. The first kappa shape index (κ1) is 12.8. The number of hydrogen-bond acceptors (Lipinski definition) is 3. The van der Waals surface area contributed by atoms with E-state index in [1.807, 2.05) is 6.07 Å². The predicted octanol–water partition coefficient (Wildman–Crippen LogP) is 1.26. The Bertz CT molecular complexity index is 427. The number of urea groups is 1. The third-order valence-corrected chi connectivity index (χ3v) is 1.94. The fourth-order valence-electron chi connectivity index (χ4n) is 1.23. The average Bonchev–Trinajstić information content (AvgIpc) is 2.30. The Balaban J connectivity index is 2.98. The molecular weight excluding hydrogens is 220 g/mol. The number of nitrogens with two attached hydrogens (primary N) is 1. The molecule has 0 heterocycles. The molecule has 1 rings (SSSR count). The maximum atomic E-state index is 11.7. The van der Waals surface area contributed by atoms with Crippen molar-refractivity contribution in [1.82, 2.24) is 5.32 Å². The summed E-state index contributed by atoms with van der Waals surface area (Å²) < 4.78 is 4.89. The highest BCUT2D eigenvalue weighted by atomic mass is 16.5. The number of amides is 2. The van der Waals surface area contributed by atoms with Crippen LogP contribution in [0.15, 0.2) is 36.5 Å². The van der Waals surface area contributed by atoms with Crippen LogP contribution in [-0.2, 0) is 9.53 Å². The molecule has 0 fully saturated rings. The predicted molar refractivity (Wildman–Crippen MR) is 63.8 cm³/mol. The van der Waals surface area contributed by atoms with E-state index < -0.39 is 12.0 Å². The summed E-state index contributed by atoms with van der Waals surface area (Å²) in [4.78, 5) is 22.3. The molecule has 1 aromatic rings. The van der Waals surface area contributed by atoms with E-state index in [0.29, 0.717) is 5.56 Å². The summed E-state index contributed by atoms with van der Waals surface area (Å²) in [5.74, 6) is -0.507. The van der Waals surface area contributed by atoms with Gasteiger partial charge in [-0.25, -0.2) is 9.59 Å². The average molecular weight is 234 g/mol. The third kappa shape index (κ3) is 3.98. The van der Waals surface area contributed by atoms with Gasteiger partial charge in [0.15, 0.2) is 0 Å². The number of ether oxygens (including phenoxy) is 1. The number of hydrogen-bond donors (Lipinski definition) is 2. The number of rotatable bonds is 4. The van der Waals surface area contributed by atoms with Crippen molar-refractivity contribution in [2.75, 3.05) is 6.61 Å². The number of carbonyl (C=O) groups excluding carboxylic acids is 2. The first-order valence-corrected chi connectivity index (χ1v) is 5.13. The van der Waals surface area contributed by atoms with Gasteiger partial charge in [0.1, 0.15) is 0 Å². The van der Waals surface area contributed by atoms with E-state index in [9.17, 15) is 9.59 Å². The van der Waals surface area contributed by atoms with Crippen LogP contribution in [0.4, 0.5) is 4.79 Å². The zero-order valence-electron chi connectivity index (χ0n) is 9.47. The van der Waals surface area contributed by atoms with Crippen molar-refractivity contribution in [3.8, 4) is 0 Å². The quantitative estimate of drug-likeness (QED) is 0.607. The van der Waals surface area contributed by atoms with Crippen molar-refractivity contribution in [3.05, 3.63) is 42.1 Å². The maximum Gasteiger partial charge on any atom is 0.340 e. The van der Waals surface area contributed by atoms with Gasteiger partial charge in [0.2, 0.25) is 0 Å². The normalized spacial score (nSPS) is 10.8. The molecule has 5 heteroatoms. The van der Waals surface area contributed by atoms with Gasteiger partial charge in [-0.1, -0.05) is 30.3 Å². The van der Waals surface area contributed by atoms with E-state index >= 15 is 0 Å². The second-order valence-electron chi connectivity index (χ2n) is 3.15. The maximum absolute atomic E-state index is 11.7. The molecule has 17 heavy (non-hydrogen) atoms. The highest BCUT2D eigenvalue weighted by Crippen LogP contribution is 2.14. The number of esters is 1. The monoisotopic (exact) mass is 234 g/mol. The molecule has 0 radical (unpaired) electrons. The minimum absolute atomic E-state index is 0.256. The van der Waals surface area contributed by atoms with Crippen molar-refractivity contribution >= 4 is 17.6 Å². The third-order valence-electron chi connectivity index (χ3n) is 1.94. The second kappa shape index (κ2) is 6.32. The molecule has 3 N–H and O–H groups in total. The standard InChI is InChI=1S/C12H14N2O3/c1-2-17-11(15)10(8-14-12(13)16)9-6-4-3-5-7-9/h3-8H,2H2,1H3,(H3,13,14,16)/b10-8+. The highest BCUT2D eigenvalue weighted by molar-refractivity contribution is 6.16. The van der Waals surface area contributed by atoms with Crippen molar-refractivity contribution < 1.29 is 14.3 Å². The molecule has 0 aliphatic carbocycles. The van der Waals surface area contributed by atoms with Gasteiger partial charge in [0, 0.05) is 6.20 Å². The summed E-state index contributed by atoms with van der Waals surface area (Å²) in [6, 6.07) is 8.15. The minimum atomic E-state index is -0.734. The lowest BCUT2D eigenvalue weighted by molar-refractivity contribution is -0.136. The zero-order valence-corrected chi connectivity index (χ0v) is 9.47. The van der Waals surface area contributed by atoms with Crippen molar-refractivity contribution in [2.45, 2.75) is 6.92 Å². The van der Waals surface area contributed by atoms with Gasteiger partial charge in [-0.15, -0.1) is 0 Å². The Morgan fingerprint density at radius 3 is 2.53 bits per heavy atom. The van der Waals surface area contributed by atoms with Gasteiger partial charge in [-0.3, -0.25) is 0 Å². The molecule has 0 aromatic heterocycles. The number of nitrogens with one attached hydrogen (secondary N) is 1. The molecule has 0 bridgehead atoms. The largest absolute Gasteiger partial charge is 0.462 e. The van der Waals surface area contributed by atoms with E-state index in [1.54, 1.807) is 31.2 Å². The Kier molecular flexibility index (Phi) is 4.75. The first-order valence-electron chi connectivity index (χ1n) is 5.13. The van der Waals surface area contributed by atoms with Crippen LogP contribution in [0.25, 0.3) is 5.57 Å². The van der Waals surface area contributed by atoms with Crippen LogP contribution in [0.1, 0.15) is 12.5 Å². The van der Waals surface area contributed by atoms with Crippen molar-refractivity contribution in [1.29, 1.82) is 0 Å². The Labute approximate surface area is 99.3 Å².